The molecule has 2 aromatic rings. The highest BCUT2D eigenvalue weighted by atomic mass is 32.1. The van der Waals surface area contributed by atoms with Crippen LogP contribution >= 0.6 is 11.3 Å². The van der Waals surface area contributed by atoms with Crippen molar-refractivity contribution in [1.82, 2.24) is 20.5 Å². The smallest absolute Gasteiger partial charge is 0.208 e. The molecule has 6 heteroatoms. The molecule has 0 aliphatic carbocycles. The van der Waals surface area contributed by atoms with E-state index in [0.717, 1.165) is 41.9 Å². The molecule has 0 amide bonds. The summed E-state index contributed by atoms with van der Waals surface area (Å²) in [5, 5.41) is 13.8. The van der Waals surface area contributed by atoms with Gasteiger partial charge in [-0.05, 0) is 12.1 Å². The van der Waals surface area contributed by atoms with Crippen LogP contribution in [0.5, 0.6) is 0 Å². The fraction of sp³-hybridized carbons (Fsp3) is 0.364. The van der Waals surface area contributed by atoms with Crippen LogP contribution in [0.2, 0.25) is 0 Å². The van der Waals surface area contributed by atoms with Crippen LogP contribution in [0.15, 0.2) is 24.5 Å². The standard InChI is InChI=1S/C11H13N5S/c1-2-9(8-13-3-1)10-14-15-11(17-10)16-6-4-12-5-7-16/h1-3,8,12H,4-7H2. The number of aromatic nitrogens is 3. The Balaban J connectivity index is 1.83. The first-order chi connectivity index (χ1) is 8.43. The number of rotatable bonds is 2. The zero-order valence-corrected chi connectivity index (χ0v) is 10.2. The van der Waals surface area contributed by atoms with Gasteiger partial charge >= 0.3 is 0 Å². The van der Waals surface area contributed by atoms with Gasteiger partial charge in [-0.3, -0.25) is 4.98 Å². The number of hydrogen-bond donors (Lipinski definition) is 1. The Morgan fingerprint density at radius 2 is 2.12 bits per heavy atom. The average molecular weight is 247 g/mol. The van der Waals surface area contributed by atoms with Crippen molar-refractivity contribution in [3.63, 3.8) is 0 Å². The van der Waals surface area contributed by atoms with E-state index in [-0.39, 0.29) is 0 Å². The molecule has 0 unspecified atom stereocenters. The molecular formula is C11H13N5S. The van der Waals surface area contributed by atoms with Gasteiger partial charge in [-0.25, -0.2) is 0 Å². The summed E-state index contributed by atoms with van der Waals surface area (Å²) in [5.74, 6) is 0. The fourth-order valence-electron chi connectivity index (χ4n) is 1.81. The van der Waals surface area contributed by atoms with Crippen LogP contribution in [0.4, 0.5) is 5.13 Å². The number of hydrogen-bond acceptors (Lipinski definition) is 6. The monoisotopic (exact) mass is 247 g/mol. The van der Waals surface area contributed by atoms with E-state index in [2.05, 4.69) is 25.4 Å². The number of nitrogens with one attached hydrogen (secondary N) is 1. The first-order valence-corrected chi connectivity index (χ1v) is 6.45. The summed E-state index contributed by atoms with van der Waals surface area (Å²) in [6, 6.07) is 3.93. The lowest BCUT2D eigenvalue weighted by atomic mass is 10.3. The SMILES string of the molecule is c1cncc(-c2nnc(N3CCNCC3)s2)c1. The van der Waals surface area contributed by atoms with Gasteiger partial charge in [0.25, 0.3) is 0 Å². The summed E-state index contributed by atoms with van der Waals surface area (Å²) in [6.45, 7) is 4.03. The molecule has 0 aromatic carbocycles. The minimum Gasteiger partial charge on any atom is -0.344 e. The maximum absolute atomic E-state index is 4.26. The van der Waals surface area contributed by atoms with Crippen molar-refractivity contribution in [2.45, 2.75) is 0 Å². The predicted molar refractivity (Wildman–Crippen MR) is 68.2 cm³/mol. The van der Waals surface area contributed by atoms with Crippen molar-refractivity contribution in [2.24, 2.45) is 0 Å². The summed E-state index contributed by atoms with van der Waals surface area (Å²) in [6.07, 6.45) is 3.59. The molecule has 0 spiro atoms. The number of pyridine rings is 1. The molecule has 5 nitrogen and oxygen atoms in total. The normalized spacial score (nSPS) is 16.1. The van der Waals surface area contributed by atoms with Crippen molar-refractivity contribution in [3.05, 3.63) is 24.5 Å². The van der Waals surface area contributed by atoms with Crippen LogP contribution in [0.1, 0.15) is 0 Å². The second-order valence-corrected chi connectivity index (χ2v) is 4.82. The van der Waals surface area contributed by atoms with Crippen LogP contribution in [0.25, 0.3) is 10.6 Å². The summed E-state index contributed by atoms with van der Waals surface area (Å²) >= 11 is 1.63. The fourth-order valence-corrected chi connectivity index (χ4v) is 2.69. The molecule has 1 fully saturated rings. The van der Waals surface area contributed by atoms with Crippen LogP contribution in [-0.4, -0.2) is 41.4 Å². The number of nitrogens with zero attached hydrogens (tertiary/aromatic N) is 4. The molecule has 3 rings (SSSR count). The summed E-state index contributed by atoms with van der Waals surface area (Å²) in [5.41, 5.74) is 1.03. The zero-order chi connectivity index (χ0) is 11.5. The minimum absolute atomic E-state index is 0.937. The quantitative estimate of drug-likeness (QED) is 0.858. The maximum Gasteiger partial charge on any atom is 0.208 e. The van der Waals surface area contributed by atoms with Crippen LogP contribution in [-0.2, 0) is 0 Å². The van der Waals surface area contributed by atoms with Crippen LogP contribution in [0.3, 0.4) is 0 Å². The summed E-state index contributed by atoms with van der Waals surface area (Å²) in [7, 11) is 0. The molecule has 1 aliphatic rings. The van der Waals surface area contributed by atoms with Gasteiger partial charge in [-0.1, -0.05) is 11.3 Å². The molecule has 3 heterocycles. The Morgan fingerprint density at radius 3 is 2.88 bits per heavy atom. The highest BCUT2D eigenvalue weighted by Crippen LogP contribution is 2.27. The molecule has 0 radical (unpaired) electrons. The van der Waals surface area contributed by atoms with Gasteiger partial charge < -0.3 is 10.2 Å². The third-order valence-electron chi connectivity index (χ3n) is 2.71. The number of anilines is 1. The average Bonchev–Trinajstić information content (AvgIpc) is 2.90. The Hall–Kier alpha value is -1.53. The number of piperazine rings is 1. The van der Waals surface area contributed by atoms with Crippen molar-refractivity contribution in [3.8, 4) is 10.6 Å². The molecule has 0 saturated carbocycles. The van der Waals surface area contributed by atoms with E-state index >= 15 is 0 Å². The van der Waals surface area contributed by atoms with Crippen molar-refractivity contribution < 1.29 is 0 Å². The minimum atomic E-state index is 0.937. The van der Waals surface area contributed by atoms with E-state index in [1.54, 1.807) is 17.5 Å². The van der Waals surface area contributed by atoms with Gasteiger partial charge in [0.1, 0.15) is 0 Å². The Labute approximate surface area is 104 Å². The molecule has 1 aliphatic heterocycles. The predicted octanol–water partition coefficient (Wildman–Crippen LogP) is 1.01. The molecule has 1 saturated heterocycles. The largest absolute Gasteiger partial charge is 0.344 e. The second kappa shape index (κ2) is 4.77. The van der Waals surface area contributed by atoms with Gasteiger partial charge in [0.2, 0.25) is 5.13 Å². The van der Waals surface area contributed by atoms with Gasteiger partial charge in [0.15, 0.2) is 5.01 Å². The first kappa shape index (κ1) is 10.6. The third kappa shape index (κ3) is 2.27. The van der Waals surface area contributed by atoms with Crippen molar-refractivity contribution in [1.29, 1.82) is 0 Å². The molecule has 2 aromatic heterocycles. The van der Waals surface area contributed by atoms with Crippen molar-refractivity contribution >= 4 is 16.5 Å². The summed E-state index contributed by atoms with van der Waals surface area (Å²) < 4.78 is 0. The lowest BCUT2D eigenvalue weighted by molar-refractivity contribution is 0.587. The third-order valence-corrected chi connectivity index (χ3v) is 3.74. The van der Waals surface area contributed by atoms with E-state index in [0.29, 0.717) is 0 Å². The van der Waals surface area contributed by atoms with E-state index in [9.17, 15) is 0 Å². The van der Waals surface area contributed by atoms with Gasteiger partial charge in [0.05, 0.1) is 0 Å². The summed E-state index contributed by atoms with van der Waals surface area (Å²) in [4.78, 5) is 6.37. The van der Waals surface area contributed by atoms with Crippen molar-refractivity contribution in [2.75, 3.05) is 31.1 Å². The Kier molecular flexibility index (Phi) is 2.98. The van der Waals surface area contributed by atoms with E-state index in [1.807, 2.05) is 18.3 Å². The van der Waals surface area contributed by atoms with Gasteiger partial charge in [-0.2, -0.15) is 0 Å². The zero-order valence-electron chi connectivity index (χ0n) is 9.33. The van der Waals surface area contributed by atoms with Crippen LogP contribution < -0.4 is 10.2 Å². The molecular weight excluding hydrogens is 234 g/mol. The second-order valence-electron chi connectivity index (χ2n) is 3.87. The van der Waals surface area contributed by atoms with E-state index in [1.165, 1.54) is 0 Å². The topological polar surface area (TPSA) is 53.9 Å². The Bertz CT molecular complexity index is 478. The molecule has 0 atom stereocenters. The maximum atomic E-state index is 4.26. The van der Waals surface area contributed by atoms with Gasteiger partial charge in [-0.15, -0.1) is 10.2 Å². The molecule has 1 N–H and O–H groups in total. The van der Waals surface area contributed by atoms with E-state index < -0.39 is 0 Å². The highest BCUT2D eigenvalue weighted by Gasteiger charge is 2.15. The van der Waals surface area contributed by atoms with Crippen LogP contribution in [0, 0.1) is 0 Å². The van der Waals surface area contributed by atoms with Gasteiger partial charge in [0, 0.05) is 44.1 Å². The lowest BCUT2D eigenvalue weighted by Gasteiger charge is -2.26. The molecule has 0 bridgehead atoms. The van der Waals surface area contributed by atoms with E-state index in [4.69, 9.17) is 0 Å². The Morgan fingerprint density at radius 1 is 1.24 bits per heavy atom. The highest BCUT2D eigenvalue weighted by molar-refractivity contribution is 7.18. The molecule has 17 heavy (non-hydrogen) atoms. The lowest BCUT2D eigenvalue weighted by Crippen LogP contribution is -2.43. The first-order valence-electron chi connectivity index (χ1n) is 5.63. The molecule has 88 valence electrons.